The zero-order valence-electron chi connectivity index (χ0n) is 8.59. The SMILES string of the molecule is CC1CCNC1C(=O)NCC(F)(F)CO. The Kier molecular flexibility index (Phi) is 3.98. The number of nitrogens with one attached hydrogen (secondary N) is 2. The molecule has 1 rings (SSSR count). The van der Waals surface area contributed by atoms with Crippen molar-refractivity contribution < 1.29 is 18.7 Å². The molecule has 0 aliphatic carbocycles. The van der Waals surface area contributed by atoms with Gasteiger partial charge >= 0.3 is 0 Å². The number of hydrogen-bond acceptors (Lipinski definition) is 3. The van der Waals surface area contributed by atoms with E-state index in [0.717, 1.165) is 13.0 Å². The first-order valence-corrected chi connectivity index (χ1v) is 4.96. The molecule has 3 N–H and O–H groups in total. The van der Waals surface area contributed by atoms with E-state index >= 15 is 0 Å². The van der Waals surface area contributed by atoms with E-state index in [-0.39, 0.29) is 12.0 Å². The molecule has 2 atom stereocenters. The molecule has 6 heteroatoms. The quantitative estimate of drug-likeness (QED) is 0.613. The predicted octanol–water partition coefficient (Wildman–Crippen LogP) is -0.272. The number of amides is 1. The van der Waals surface area contributed by atoms with Gasteiger partial charge < -0.3 is 15.7 Å². The Balaban J connectivity index is 2.36. The highest BCUT2D eigenvalue weighted by Crippen LogP contribution is 2.15. The summed E-state index contributed by atoms with van der Waals surface area (Å²) in [5.74, 6) is -3.50. The van der Waals surface area contributed by atoms with E-state index in [0.29, 0.717) is 0 Å². The van der Waals surface area contributed by atoms with Gasteiger partial charge in [0.2, 0.25) is 5.91 Å². The van der Waals surface area contributed by atoms with Crippen molar-refractivity contribution in [1.29, 1.82) is 0 Å². The van der Waals surface area contributed by atoms with Gasteiger partial charge in [0.1, 0.15) is 6.61 Å². The third kappa shape index (κ3) is 3.39. The number of carbonyl (C=O) groups excluding carboxylic acids is 1. The molecule has 0 aromatic rings. The van der Waals surface area contributed by atoms with Crippen LogP contribution < -0.4 is 10.6 Å². The Labute approximate surface area is 87.0 Å². The fourth-order valence-corrected chi connectivity index (χ4v) is 1.57. The molecule has 88 valence electrons. The van der Waals surface area contributed by atoms with Crippen LogP contribution in [0.15, 0.2) is 0 Å². The maximum Gasteiger partial charge on any atom is 0.287 e. The lowest BCUT2D eigenvalue weighted by Crippen LogP contribution is -2.47. The molecular weight excluding hydrogens is 206 g/mol. The lowest BCUT2D eigenvalue weighted by Gasteiger charge is -2.18. The second kappa shape index (κ2) is 4.85. The third-order valence-electron chi connectivity index (χ3n) is 2.57. The fourth-order valence-electron chi connectivity index (χ4n) is 1.57. The first kappa shape index (κ1) is 12.3. The third-order valence-corrected chi connectivity index (χ3v) is 2.57. The summed E-state index contributed by atoms with van der Waals surface area (Å²) in [5.41, 5.74) is 0. The molecular formula is C9H16F2N2O2. The minimum absolute atomic E-state index is 0.160. The van der Waals surface area contributed by atoms with Crippen LogP contribution in [-0.2, 0) is 4.79 Å². The number of rotatable bonds is 4. The number of hydrogen-bond donors (Lipinski definition) is 3. The van der Waals surface area contributed by atoms with Gasteiger partial charge in [-0.2, -0.15) is 0 Å². The van der Waals surface area contributed by atoms with Gasteiger partial charge in [-0.15, -0.1) is 0 Å². The highest BCUT2D eigenvalue weighted by atomic mass is 19.3. The summed E-state index contributed by atoms with van der Waals surface area (Å²) in [5, 5.41) is 13.4. The van der Waals surface area contributed by atoms with Crippen molar-refractivity contribution in [2.24, 2.45) is 5.92 Å². The van der Waals surface area contributed by atoms with Crippen LogP contribution in [0.1, 0.15) is 13.3 Å². The zero-order valence-corrected chi connectivity index (χ0v) is 8.59. The predicted molar refractivity (Wildman–Crippen MR) is 50.6 cm³/mol. The summed E-state index contributed by atoms with van der Waals surface area (Å²) in [6.07, 6.45) is 0.870. The van der Waals surface area contributed by atoms with Crippen LogP contribution in [0.5, 0.6) is 0 Å². The molecule has 0 aromatic carbocycles. The Morgan fingerprint density at radius 1 is 1.67 bits per heavy atom. The van der Waals surface area contributed by atoms with Crippen molar-refractivity contribution in [2.75, 3.05) is 19.7 Å². The summed E-state index contributed by atoms with van der Waals surface area (Å²) in [6, 6.07) is -0.389. The molecule has 1 aliphatic rings. The maximum atomic E-state index is 12.6. The van der Waals surface area contributed by atoms with Crippen LogP contribution in [0.25, 0.3) is 0 Å². The Hall–Kier alpha value is -0.750. The van der Waals surface area contributed by atoms with Crippen molar-refractivity contribution in [3.63, 3.8) is 0 Å². The van der Waals surface area contributed by atoms with E-state index in [4.69, 9.17) is 5.11 Å². The van der Waals surface area contributed by atoms with E-state index < -0.39 is 25.0 Å². The van der Waals surface area contributed by atoms with E-state index in [1.54, 1.807) is 0 Å². The molecule has 0 bridgehead atoms. The molecule has 1 heterocycles. The van der Waals surface area contributed by atoms with E-state index in [2.05, 4.69) is 10.6 Å². The normalized spacial score (nSPS) is 26.7. The van der Waals surface area contributed by atoms with Crippen LogP contribution in [0.3, 0.4) is 0 Å². The lowest BCUT2D eigenvalue weighted by atomic mass is 10.0. The second-order valence-electron chi connectivity index (χ2n) is 3.93. The molecule has 0 radical (unpaired) electrons. The molecule has 15 heavy (non-hydrogen) atoms. The maximum absolute atomic E-state index is 12.6. The number of halogens is 2. The minimum Gasteiger partial charge on any atom is -0.390 e. The molecule has 1 amide bonds. The average Bonchev–Trinajstić information content (AvgIpc) is 2.61. The smallest absolute Gasteiger partial charge is 0.287 e. The molecule has 1 aliphatic heterocycles. The van der Waals surface area contributed by atoms with E-state index in [1.165, 1.54) is 0 Å². The average molecular weight is 222 g/mol. The Bertz CT molecular complexity index is 236. The molecule has 1 saturated heterocycles. The minimum atomic E-state index is -3.24. The van der Waals surface area contributed by atoms with Gasteiger partial charge in [-0.1, -0.05) is 6.92 Å². The number of aliphatic hydroxyl groups excluding tert-OH is 1. The topological polar surface area (TPSA) is 61.4 Å². The van der Waals surface area contributed by atoms with Gasteiger partial charge in [-0.05, 0) is 18.9 Å². The highest BCUT2D eigenvalue weighted by molar-refractivity contribution is 5.82. The van der Waals surface area contributed by atoms with Crippen LogP contribution >= 0.6 is 0 Å². The van der Waals surface area contributed by atoms with Gasteiger partial charge in [0.05, 0.1) is 12.6 Å². The monoisotopic (exact) mass is 222 g/mol. The van der Waals surface area contributed by atoms with Crippen molar-refractivity contribution in [3.8, 4) is 0 Å². The molecule has 0 spiro atoms. The molecule has 0 aromatic heterocycles. The largest absolute Gasteiger partial charge is 0.390 e. The van der Waals surface area contributed by atoms with Crippen molar-refractivity contribution >= 4 is 5.91 Å². The fraction of sp³-hybridized carbons (Fsp3) is 0.889. The Morgan fingerprint density at radius 3 is 2.80 bits per heavy atom. The van der Waals surface area contributed by atoms with Crippen LogP contribution in [0.2, 0.25) is 0 Å². The molecule has 0 saturated carbocycles. The van der Waals surface area contributed by atoms with Gasteiger partial charge in [-0.25, -0.2) is 8.78 Å². The van der Waals surface area contributed by atoms with Crippen molar-refractivity contribution in [2.45, 2.75) is 25.3 Å². The summed E-state index contributed by atoms with van der Waals surface area (Å²) < 4.78 is 25.2. The number of aliphatic hydroxyl groups is 1. The first-order valence-electron chi connectivity index (χ1n) is 4.96. The summed E-state index contributed by atoms with van der Waals surface area (Å²) >= 11 is 0. The summed E-state index contributed by atoms with van der Waals surface area (Å²) in [4.78, 5) is 11.4. The molecule has 4 nitrogen and oxygen atoms in total. The van der Waals surface area contributed by atoms with Gasteiger partial charge in [0, 0.05) is 0 Å². The molecule has 1 fully saturated rings. The lowest BCUT2D eigenvalue weighted by molar-refractivity contribution is -0.126. The van der Waals surface area contributed by atoms with Crippen molar-refractivity contribution in [1.82, 2.24) is 10.6 Å². The first-order chi connectivity index (χ1) is 6.96. The van der Waals surface area contributed by atoms with Gasteiger partial charge in [0.25, 0.3) is 5.92 Å². The second-order valence-corrected chi connectivity index (χ2v) is 3.93. The summed E-state index contributed by atoms with van der Waals surface area (Å²) in [6.45, 7) is 0.568. The highest BCUT2D eigenvalue weighted by Gasteiger charge is 2.33. The summed E-state index contributed by atoms with van der Waals surface area (Å²) in [7, 11) is 0. The van der Waals surface area contributed by atoms with Crippen LogP contribution in [0, 0.1) is 5.92 Å². The van der Waals surface area contributed by atoms with E-state index in [9.17, 15) is 13.6 Å². The zero-order chi connectivity index (χ0) is 11.5. The van der Waals surface area contributed by atoms with Crippen LogP contribution in [-0.4, -0.2) is 42.7 Å². The van der Waals surface area contributed by atoms with Gasteiger partial charge in [0.15, 0.2) is 0 Å². The number of alkyl halides is 2. The number of carbonyl (C=O) groups is 1. The van der Waals surface area contributed by atoms with E-state index in [1.807, 2.05) is 6.92 Å². The Morgan fingerprint density at radius 2 is 2.33 bits per heavy atom. The van der Waals surface area contributed by atoms with Crippen LogP contribution in [0.4, 0.5) is 8.78 Å². The van der Waals surface area contributed by atoms with Gasteiger partial charge in [-0.3, -0.25) is 4.79 Å². The standard InChI is InChI=1S/C9H16F2N2O2/c1-6-2-3-12-7(6)8(15)13-4-9(10,11)5-14/h6-7,12,14H,2-5H2,1H3,(H,13,15). The molecule has 2 unspecified atom stereocenters. The van der Waals surface area contributed by atoms with Crippen molar-refractivity contribution in [3.05, 3.63) is 0 Å².